The molecule has 0 aliphatic carbocycles. The third-order valence-electron chi connectivity index (χ3n) is 2.32. The lowest BCUT2D eigenvalue weighted by Gasteiger charge is -2.18. The van der Waals surface area contributed by atoms with E-state index >= 15 is 0 Å². The molecule has 1 rings (SSSR count). The van der Waals surface area contributed by atoms with Crippen molar-refractivity contribution in [2.75, 3.05) is 6.61 Å². The van der Waals surface area contributed by atoms with Crippen molar-refractivity contribution in [2.24, 2.45) is 5.92 Å². The van der Waals surface area contributed by atoms with Gasteiger partial charge in [0.2, 0.25) is 5.91 Å². The first-order chi connectivity index (χ1) is 8.02. The quantitative estimate of drug-likeness (QED) is 0.820. The van der Waals surface area contributed by atoms with E-state index in [0.717, 1.165) is 0 Å². The number of carbonyl (C=O) groups excluding carboxylic acids is 1. The van der Waals surface area contributed by atoms with Gasteiger partial charge >= 0.3 is 0 Å². The molecule has 0 aromatic carbocycles. The Bertz CT molecular complexity index is 398. The van der Waals surface area contributed by atoms with Crippen LogP contribution in [0.5, 0.6) is 0 Å². The van der Waals surface area contributed by atoms with Gasteiger partial charge in [0.05, 0.1) is 12.6 Å². The van der Waals surface area contributed by atoms with Gasteiger partial charge in [-0.1, -0.05) is 13.8 Å². The zero-order valence-corrected chi connectivity index (χ0v) is 11.4. The standard InChI is InChI=1S/C12H16BrNO3/c1-8(2)10(7-15)14-12(16)6-4-9-3-5-11(13)17-9/h3-6,8,10,15H,7H2,1-2H3,(H,14,16). The first-order valence-corrected chi connectivity index (χ1v) is 6.17. The van der Waals surface area contributed by atoms with Gasteiger partial charge in [-0.25, -0.2) is 0 Å². The van der Waals surface area contributed by atoms with Crippen LogP contribution < -0.4 is 5.32 Å². The van der Waals surface area contributed by atoms with Crippen LogP contribution in [0.2, 0.25) is 0 Å². The van der Waals surface area contributed by atoms with E-state index in [-0.39, 0.29) is 24.5 Å². The van der Waals surface area contributed by atoms with Gasteiger partial charge < -0.3 is 14.8 Å². The SMILES string of the molecule is CC(C)C(CO)NC(=O)C=Cc1ccc(Br)o1. The highest BCUT2D eigenvalue weighted by atomic mass is 79.9. The Morgan fingerprint density at radius 3 is 2.76 bits per heavy atom. The van der Waals surface area contributed by atoms with E-state index in [0.29, 0.717) is 10.4 Å². The van der Waals surface area contributed by atoms with Crippen molar-refractivity contribution in [2.45, 2.75) is 19.9 Å². The third kappa shape index (κ3) is 4.75. The molecule has 0 saturated heterocycles. The van der Waals surface area contributed by atoms with Gasteiger partial charge in [0, 0.05) is 6.08 Å². The Morgan fingerprint density at radius 2 is 2.29 bits per heavy atom. The van der Waals surface area contributed by atoms with Crippen LogP contribution >= 0.6 is 15.9 Å². The van der Waals surface area contributed by atoms with Crippen LogP contribution in [0.1, 0.15) is 19.6 Å². The van der Waals surface area contributed by atoms with Crippen molar-refractivity contribution in [3.05, 3.63) is 28.6 Å². The van der Waals surface area contributed by atoms with E-state index < -0.39 is 0 Å². The molecule has 2 N–H and O–H groups in total. The Hall–Kier alpha value is -1.07. The molecule has 0 fully saturated rings. The van der Waals surface area contributed by atoms with Crippen LogP contribution in [-0.2, 0) is 4.79 Å². The third-order valence-corrected chi connectivity index (χ3v) is 2.75. The van der Waals surface area contributed by atoms with E-state index in [4.69, 9.17) is 9.52 Å². The monoisotopic (exact) mass is 301 g/mol. The molecule has 94 valence electrons. The lowest BCUT2D eigenvalue weighted by atomic mass is 10.1. The van der Waals surface area contributed by atoms with Crippen molar-refractivity contribution in [3.8, 4) is 0 Å². The molecular weight excluding hydrogens is 286 g/mol. The normalized spacial score (nSPS) is 13.2. The largest absolute Gasteiger partial charge is 0.450 e. The van der Waals surface area contributed by atoms with E-state index in [2.05, 4.69) is 21.2 Å². The molecule has 0 radical (unpaired) electrons. The predicted molar refractivity (Wildman–Crippen MR) is 69.3 cm³/mol. The minimum Gasteiger partial charge on any atom is -0.450 e. The highest BCUT2D eigenvalue weighted by Crippen LogP contribution is 2.14. The van der Waals surface area contributed by atoms with Crippen molar-refractivity contribution >= 4 is 27.9 Å². The summed E-state index contributed by atoms with van der Waals surface area (Å²) in [5.41, 5.74) is 0. The van der Waals surface area contributed by atoms with Gasteiger partial charge in [0.15, 0.2) is 4.67 Å². The maximum Gasteiger partial charge on any atom is 0.244 e. The predicted octanol–water partition coefficient (Wildman–Crippen LogP) is 2.19. The molecule has 5 heteroatoms. The van der Waals surface area contributed by atoms with Gasteiger partial charge in [-0.3, -0.25) is 4.79 Å². The maximum atomic E-state index is 11.5. The first-order valence-electron chi connectivity index (χ1n) is 5.37. The van der Waals surface area contributed by atoms with Crippen molar-refractivity contribution < 1.29 is 14.3 Å². The van der Waals surface area contributed by atoms with Gasteiger partial charge in [0.25, 0.3) is 0 Å². The molecule has 0 aliphatic rings. The summed E-state index contributed by atoms with van der Waals surface area (Å²) >= 11 is 3.18. The number of amides is 1. The summed E-state index contributed by atoms with van der Waals surface area (Å²) in [7, 11) is 0. The molecular formula is C12H16BrNO3. The zero-order valence-electron chi connectivity index (χ0n) is 9.81. The van der Waals surface area contributed by atoms with Crippen molar-refractivity contribution in [1.82, 2.24) is 5.32 Å². The zero-order chi connectivity index (χ0) is 12.8. The molecule has 0 bridgehead atoms. The average molecular weight is 302 g/mol. The summed E-state index contributed by atoms with van der Waals surface area (Å²) in [6, 6.07) is 3.28. The van der Waals surface area contributed by atoms with E-state index in [1.54, 1.807) is 18.2 Å². The Kier molecular flexibility index (Phi) is 5.44. The van der Waals surface area contributed by atoms with Crippen molar-refractivity contribution in [1.29, 1.82) is 0 Å². The fourth-order valence-corrected chi connectivity index (χ4v) is 1.55. The molecule has 0 spiro atoms. The summed E-state index contributed by atoms with van der Waals surface area (Å²) in [5, 5.41) is 11.8. The second kappa shape index (κ2) is 6.61. The van der Waals surface area contributed by atoms with Gasteiger partial charge in [-0.2, -0.15) is 0 Å². The lowest BCUT2D eigenvalue weighted by molar-refractivity contribution is -0.117. The summed E-state index contributed by atoms with van der Waals surface area (Å²) in [5.74, 6) is 0.539. The Labute approximate surface area is 109 Å². The molecule has 1 unspecified atom stereocenters. The summed E-state index contributed by atoms with van der Waals surface area (Å²) in [6.45, 7) is 3.81. The molecule has 1 aromatic rings. The van der Waals surface area contributed by atoms with E-state index in [1.807, 2.05) is 13.8 Å². The summed E-state index contributed by atoms with van der Waals surface area (Å²) < 4.78 is 5.83. The van der Waals surface area contributed by atoms with Crippen LogP contribution in [0, 0.1) is 5.92 Å². The minimum absolute atomic E-state index is 0.0659. The molecule has 1 amide bonds. The fraction of sp³-hybridized carbons (Fsp3) is 0.417. The van der Waals surface area contributed by atoms with E-state index in [9.17, 15) is 4.79 Å². The highest BCUT2D eigenvalue weighted by Gasteiger charge is 2.13. The number of aliphatic hydroxyl groups excluding tert-OH is 1. The molecule has 1 heterocycles. The Balaban J connectivity index is 2.52. The smallest absolute Gasteiger partial charge is 0.244 e. The van der Waals surface area contributed by atoms with Crippen LogP contribution in [0.15, 0.2) is 27.3 Å². The number of nitrogens with one attached hydrogen (secondary N) is 1. The highest BCUT2D eigenvalue weighted by molar-refractivity contribution is 9.10. The average Bonchev–Trinajstić information content (AvgIpc) is 2.68. The number of furan rings is 1. The van der Waals surface area contributed by atoms with Gasteiger partial charge in [-0.05, 0) is 40.1 Å². The van der Waals surface area contributed by atoms with Crippen molar-refractivity contribution in [3.63, 3.8) is 0 Å². The van der Waals surface area contributed by atoms with Crippen LogP contribution in [-0.4, -0.2) is 23.7 Å². The number of rotatable bonds is 5. The second-order valence-corrected chi connectivity index (χ2v) is 4.80. The van der Waals surface area contributed by atoms with Crippen LogP contribution in [0.4, 0.5) is 0 Å². The molecule has 0 aliphatic heterocycles. The van der Waals surface area contributed by atoms with Crippen LogP contribution in [0.3, 0.4) is 0 Å². The first kappa shape index (κ1) is 14.0. The number of aliphatic hydroxyl groups is 1. The van der Waals surface area contributed by atoms with E-state index in [1.165, 1.54) is 6.08 Å². The summed E-state index contributed by atoms with van der Waals surface area (Å²) in [4.78, 5) is 11.5. The molecule has 1 atom stereocenters. The number of hydrogen-bond acceptors (Lipinski definition) is 3. The van der Waals surface area contributed by atoms with Crippen LogP contribution in [0.25, 0.3) is 6.08 Å². The second-order valence-electron chi connectivity index (χ2n) is 4.02. The number of halogens is 1. The number of hydrogen-bond donors (Lipinski definition) is 2. The topological polar surface area (TPSA) is 62.5 Å². The van der Waals surface area contributed by atoms with Gasteiger partial charge in [0.1, 0.15) is 5.76 Å². The fourth-order valence-electron chi connectivity index (χ4n) is 1.23. The maximum absolute atomic E-state index is 11.5. The number of carbonyl (C=O) groups is 1. The molecule has 1 aromatic heterocycles. The molecule has 0 saturated carbocycles. The minimum atomic E-state index is -0.245. The van der Waals surface area contributed by atoms with Gasteiger partial charge in [-0.15, -0.1) is 0 Å². The molecule has 17 heavy (non-hydrogen) atoms. The Morgan fingerprint density at radius 1 is 1.59 bits per heavy atom. The lowest BCUT2D eigenvalue weighted by Crippen LogP contribution is -2.40. The molecule has 4 nitrogen and oxygen atoms in total. The summed E-state index contributed by atoms with van der Waals surface area (Å²) in [6.07, 6.45) is 2.96.